The second-order valence-electron chi connectivity index (χ2n) is 6.65. The number of aryl methyl sites for hydroxylation is 2. The van der Waals surface area contributed by atoms with E-state index in [1.807, 2.05) is 57.2 Å². The van der Waals surface area contributed by atoms with E-state index in [0.717, 1.165) is 27.3 Å². The molecule has 0 unspecified atom stereocenters. The Labute approximate surface area is 156 Å². The van der Waals surface area contributed by atoms with Gasteiger partial charge in [-0.1, -0.05) is 43.3 Å². The van der Waals surface area contributed by atoms with E-state index in [1.54, 1.807) is 12.1 Å². The molecule has 0 aliphatic heterocycles. The number of nitrogens with one attached hydrogen (secondary N) is 1. The monoisotopic (exact) mass is 374 g/mol. The van der Waals surface area contributed by atoms with Gasteiger partial charge in [0.15, 0.2) is 0 Å². The lowest BCUT2D eigenvalue weighted by Crippen LogP contribution is -2.41. The molecule has 26 heavy (non-hydrogen) atoms. The molecule has 0 aromatic heterocycles. The fraction of sp³-hybridized carbons (Fsp3) is 0.350. The molecule has 0 aliphatic carbocycles. The molecule has 5 nitrogen and oxygen atoms in total. The Morgan fingerprint density at radius 3 is 2.31 bits per heavy atom. The number of hydrogen-bond donors (Lipinski definition) is 1. The Kier molecular flexibility index (Phi) is 6.42. The fourth-order valence-electron chi connectivity index (χ4n) is 2.63. The number of hydrogen-bond acceptors (Lipinski definition) is 3. The summed E-state index contributed by atoms with van der Waals surface area (Å²) in [6, 6.07) is 15.3. The molecular weight excluding hydrogens is 348 g/mol. The molecule has 0 saturated carbocycles. The number of sulfonamides is 1. The summed E-state index contributed by atoms with van der Waals surface area (Å²) in [5.74, 6) is -0.176. The van der Waals surface area contributed by atoms with Gasteiger partial charge in [0.1, 0.15) is 6.54 Å². The lowest BCUT2D eigenvalue weighted by Gasteiger charge is -2.23. The zero-order chi connectivity index (χ0) is 19.3. The first-order valence-electron chi connectivity index (χ1n) is 8.55. The maximum Gasteiger partial charge on any atom is 0.240 e. The molecule has 2 aromatic rings. The average molecular weight is 375 g/mol. The molecule has 0 radical (unpaired) electrons. The van der Waals surface area contributed by atoms with Crippen molar-refractivity contribution in [3.8, 4) is 0 Å². The average Bonchev–Trinajstić information content (AvgIpc) is 2.60. The van der Waals surface area contributed by atoms with Gasteiger partial charge in [-0.25, -0.2) is 8.42 Å². The van der Waals surface area contributed by atoms with Gasteiger partial charge in [0, 0.05) is 6.54 Å². The molecule has 140 valence electrons. The topological polar surface area (TPSA) is 66.5 Å². The smallest absolute Gasteiger partial charge is 0.240 e. The van der Waals surface area contributed by atoms with Crippen molar-refractivity contribution in [3.63, 3.8) is 0 Å². The van der Waals surface area contributed by atoms with Crippen molar-refractivity contribution in [1.82, 2.24) is 5.32 Å². The Morgan fingerprint density at radius 2 is 1.73 bits per heavy atom. The van der Waals surface area contributed by atoms with Crippen molar-refractivity contribution < 1.29 is 13.2 Å². The quantitative estimate of drug-likeness (QED) is 0.810. The SMILES string of the molecule is Cc1ccc(N(CC(=O)NC[C@H](C)c2ccccc2)S(C)(=O)=O)cc1C. The van der Waals surface area contributed by atoms with Gasteiger partial charge in [-0.05, 0) is 48.6 Å². The number of carbonyl (C=O) groups is 1. The van der Waals surface area contributed by atoms with Crippen LogP contribution in [0.1, 0.15) is 29.5 Å². The second kappa shape index (κ2) is 8.36. The van der Waals surface area contributed by atoms with E-state index < -0.39 is 10.0 Å². The second-order valence-corrected chi connectivity index (χ2v) is 8.56. The molecule has 1 atom stereocenters. The molecular formula is C20H26N2O3S. The number of amides is 1. The first-order chi connectivity index (χ1) is 12.2. The standard InChI is InChI=1S/C20H26N2O3S/c1-15-10-11-19(12-16(15)2)22(26(4,24)25)14-20(23)21-13-17(3)18-8-6-5-7-9-18/h5-12,17H,13-14H2,1-4H3,(H,21,23)/t17-/m0/s1. The summed E-state index contributed by atoms with van der Waals surface area (Å²) >= 11 is 0. The van der Waals surface area contributed by atoms with Crippen LogP contribution in [0.2, 0.25) is 0 Å². The molecule has 0 spiro atoms. The molecule has 2 aromatic carbocycles. The number of benzene rings is 2. The first-order valence-corrected chi connectivity index (χ1v) is 10.4. The van der Waals surface area contributed by atoms with Crippen LogP contribution in [0.4, 0.5) is 5.69 Å². The van der Waals surface area contributed by atoms with Gasteiger partial charge in [-0.3, -0.25) is 9.10 Å². The van der Waals surface area contributed by atoms with Crippen LogP contribution in [0.25, 0.3) is 0 Å². The normalized spacial score (nSPS) is 12.5. The van der Waals surface area contributed by atoms with E-state index in [9.17, 15) is 13.2 Å². The van der Waals surface area contributed by atoms with Gasteiger partial charge in [0.05, 0.1) is 11.9 Å². The van der Waals surface area contributed by atoms with E-state index in [2.05, 4.69) is 5.32 Å². The first kappa shape index (κ1) is 20.0. The summed E-state index contributed by atoms with van der Waals surface area (Å²) in [6.45, 7) is 6.12. The van der Waals surface area contributed by atoms with Crippen LogP contribution in [0, 0.1) is 13.8 Å². The van der Waals surface area contributed by atoms with Crippen molar-refractivity contribution in [2.75, 3.05) is 23.7 Å². The van der Waals surface area contributed by atoms with Gasteiger partial charge in [0.25, 0.3) is 0 Å². The van der Waals surface area contributed by atoms with E-state index in [0.29, 0.717) is 12.2 Å². The molecule has 1 amide bonds. The molecule has 0 fully saturated rings. The van der Waals surface area contributed by atoms with Crippen LogP contribution in [0.3, 0.4) is 0 Å². The number of nitrogens with zero attached hydrogens (tertiary/aromatic N) is 1. The van der Waals surface area contributed by atoms with E-state index in [-0.39, 0.29) is 18.4 Å². The third-order valence-electron chi connectivity index (χ3n) is 4.44. The van der Waals surface area contributed by atoms with E-state index in [1.165, 1.54) is 0 Å². The van der Waals surface area contributed by atoms with Crippen LogP contribution >= 0.6 is 0 Å². The van der Waals surface area contributed by atoms with Crippen LogP contribution < -0.4 is 9.62 Å². The number of anilines is 1. The zero-order valence-electron chi connectivity index (χ0n) is 15.7. The number of rotatable bonds is 7. The van der Waals surface area contributed by atoms with Crippen LogP contribution in [0.5, 0.6) is 0 Å². The Balaban J connectivity index is 2.06. The van der Waals surface area contributed by atoms with Crippen molar-refractivity contribution in [2.45, 2.75) is 26.7 Å². The van der Waals surface area contributed by atoms with Gasteiger partial charge in [-0.2, -0.15) is 0 Å². The Morgan fingerprint density at radius 1 is 1.08 bits per heavy atom. The fourth-order valence-corrected chi connectivity index (χ4v) is 3.48. The highest BCUT2D eigenvalue weighted by Gasteiger charge is 2.21. The third kappa shape index (κ3) is 5.33. The predicted octanol–water partition coefficient (Wildman–Crippen LogP) is 2.99. The highest BCUT2D eigenvalue weighted by atomic mass is 32.2. The van der Waals surface area contributed by atoms with Gasteiger partial charge in [0.2, 0.25) is 15.9 Å². The summed E-state index contributed by atoms with van der Waals surface area (Å²) in [4.78, 5) is 12.3. The summed E-state index contributed by atoms with van der Waals surface area (Å²) in [7, 11) is -3.56. The third-order valence-corrected chi connectivity index (χ3v) is 5.58. The van der Waals surface area contributed by atoms with Crippen molar-refractivity contribution >= 4 is 21.6 Å². The van der Waals surface area contributed by atoms with Crippen molar-refractivity contribution in [3.05, 3.63) is 65.2 Å². The summed E-state index contributed by atoms with van der Waals surface area (Å²) in [5.41, 5.74) is 3.68. The Hall–Kier alpha value is -2.34. The highest BCUT2D eigenvalue weighted by Crippen LogP contribution is 2.21. The molecule has 1 N–H and O–H groups in total. The van der Waals surface area contributed by atoms with Crippen LogP contribution in [0.15, 0.2) is 48.5 Å². The van der Waals surface area contributed by atoms with Crippen LogP contribution in [-0.4, -0.2) is 33.7 Å². The highest BCUT2D eigenvalue weighted by molar-refractivity contribution is 7.92. The molecule has 0 bridgehead atoms. The van der Waals surface area contributed by atoms with Crippen LogP contribution in [-0.2, 0) is 14.8 Å². The minimum absolute atomic E-state index is 0.147. The lowest BCUT2D eigenvalue weighted by atomic mass is 10.0. The molecule has 2 rings (SSSR count). The van der Waals surface area contributed by atoms with Crippen molar-refractivity contribution in [2.24, 2.45) is 0 Å². The Bertz CT molecular complexity index is 864. The van der Waals surface area contributed by atoms with E-state index >= 15 is 0 Å². The minimum Gasteiger partial charge on any atom is -0.354 e. The lowest BCUT2D eigenvalue weighted by molar-refractivity contribution is -0.119. The van der Waals surface area contributed by atoms with Gasteiger partial charge >= 0.3 is 0 Å². The summed E-state index contributed by atoms with van der Waals surface area (Å²) in [5, 5.41) is 2.83. The number of carbonyl (C=O) groups excluding carboxylic acids is 1. The molecule has 0 aliphatic rings. The molecule has 0 heterocycles. The van der Waals surface area contributed by atoms with Gasteiger partial charge < -0.3 is 5.32 Å². The largest absolute Gasteiger partial charge is 0.354 e. The maximum absolute atomic E-state index is 12.3. The van der Waals surface area contributed by atoms with Gasteiger partial charge in [-0.15, -0.1) is 0 Å². The minimum atomic E-state index is -3.56. The maximum atomic E-state index is 12.3. The summed E-state index contributed by atoms with van der Waals surface area (Å²) in [6.07, 6.45) is 1.11. The summed E-state index contributed by atoms with van der Waals surface area (Å²) < 4.78 is 25.5. The zero-order valence-corrected chi connectivity index (χ0v) is 16.5. The predicted molar refractivity (Wildman–Crippen MR) is 106 cm³/mol. The molecule has 0 saturated heterocycles. The van der Waals surface area contributed by atoms with Crippen molar-refractivity contribution in [1.29, 1.82) is 0 Å². The van der Waals surface area contributed by atoms with E-state index in [4.69, 9.17) is 0 Å². The molecule has 6 heteroatoms.